The van der Waals surface area contributed by atoms with E-state index in [1.165, 1.54) is 5.56 Å². The van der Waals surface area contributed by atoms with E-state index in [-0.39, 0.29) is 17.6 Å². The van der Waals surface area contributed by atoms with E-state index < -0.39 is 0 Å². The number of amides is 1. The molecule has 2 aromatic heterocycles. The van der Waals surface area contributed by atoms with Crippen LogP contribution in [0, 0.1) is 0 Å². The van der Waals surface area contributed by atoms with Crippen LogP contribution in [0.25, 0.3) is 16.9 Å². The average molecular weight is 416 g/mol. The van der Waals surface area contributed by atoms with Gasteiger partial charge in [-0.2, -0.15) is 0 Å². The van der Waals surface area contributed by atoms with Crippen molar-refractivity contribution in [2.45, 2.75) is 18.9 Å². The van der Waals surface area contributed by atoms with Crippen molar-refractivity contribution in [2.75, 3.05) is 0 Å². The molecule has 2 heterocycles. The number of pyridine rings is 1. The van der Waals surface area contributed by atoms with E-state index in [1.54, 1.807) is 23.1 Å². The largest absolute Gasteiger partial charge is 0.344 e. The summed E-state index contributed by atoms with van der Waals surface area (Å²) >= 11 is 6.40. The third-order valence-corrected chi connectivity index (χ3v) is 5.68. The fourth-order valence-corrected chi connectivity index (χ4v) is 4.15. The summed E-state index contributed by atoms with van der Waals surface area (Å²) in [7, 11) is 0. The van der Waals surface area contributed by atoms with Gasteiger partial charge in [-0.3, -0.25) is 9.78 Å². The molecule has 0 spiro atoms. The highest BCUT2D eigenvalue weighted by Gasteiger charge is 2.28. The van der Waals surface area contributed by atoms with Crippen LogP contribution in [-0.4, -0.2) is 25.9 Å². The van der Waals surface area contributed by atoms with E-state index in [1.807, 2.05) is 42.5 Å². The Morgan fingerprint density at radius 3 is 2.63 bits per heavy atom. The van der Waals surface area contributed by atoms with E-state index >= 15 is 0 Å². The molecule has 2 aromatic carbocycles. The van der Waals surface area contributed by atoms with Gasteiger partial charge in [0.25, 0.3) is 5.91 Å². The van der Waals surface area contributed by atoms with Crippen LogP contribution in [0.5, 0.6) is 0 Å². The van der Waals surface area contributed by atoms with Crippen molar-refractivity contribution in [1.29, 1.82) is 0 Å². The Hall–Kier alpha value is -3.51. The van der Waals surface area contributed by atoms with Crippen molar-refractivity contribution in [2.24, 2.45) is 0 Å². The normalized spacial score (nSPS) is 15.0. The molecule has 1 aliphatic carbocycles. The van der Waals surface area contributed by atoms with Gasteiger partial charge in [-0.15, -0.1) is 5.10 Å². The summed E-state index contributed by atoms with van der Waals surface area (Å²) < 4.78 is 1.61. The molecule has 6 nitrogen and oxygen atoms in total. The number of fused-ring (bicyclic) bond motifs is 1. The fourth-order valence-electron chi connectivity index (χ4n) is 3.93. The number of hydrogen-bond acceptors (Lipinski definition) is 4. The molecule has 0 bridgehead atoms. The molecule has 4 aromatic rings. The van der Waals surface area contributed by atoms with Gasteiger partial charge in [0.15, 0.2) is 5.69 Å². The number of nitrogens with zero attached hydrogens (tertiary/aromatic N) is 4. The van der Waals surface area contributed by atoms with Gasteiger partial charge in [-0.05, 0) is 48.2 Å². The quantitative estimate of drug-likeness (QED) is 0.536. The molecule has 5 rings (SSSR count). The highest BCUT2D eigenvalue weighted by atomic mass is 35.5. The second-order valence-electron chi connectivity index (χ2n) is 7.15. The second kappa shape index (κ2) is 7.72. The van der Waals surface area contributed by atoms with Crippen LogP contribution in [-0.2, 0) is 6.42 Å². The molecular weight excluding hydrogens is 398 g/mol. The molecule has 0 saturated carbocycles. The lowest BCUT2D eigenvalue weighted by atomic mass is 10.1. The van der Waals surface area contributed by atoms with Gasteiger partial charge < -0.3 is 5.32 Å². The van der Waals surface area contributed by atoms with Crippen LogP contribution in [0.3, 0.4) is 0 Å². The van der Waals surface area contributed by atoms with Crippen LogP contribution in [0.15, 0.2) is 73.1 Å². The van der Waals surface area contributed by atoms with Crippen molar-refractivity contribution >= 4 is 17.5 Å². The number of hydrogen-bond donors (Lipinski definition) is 1. The number of benzene rings is 2. The van der Waals surface area contributed by atoms with Crippen molar-refractivity contribution < 1.29 is 4.79 Å². The zero-order chi connectivity index (χ0) is 20.5. The number of aryl methyl sites for hydroxylation is 1. The van der Waals surface area contributed by atoms with E-state index in [0.717, 1.165) is 24.0 Å². The molecule has 1 aliphatic rings. The molecule has 1 amide bonds. The molecule has 0 radical (unpaired) electrons. The summed E-state index contributed by atoms with van der Waals surface area (Å²) in [5, 5.41) is 12.2. The summed E-state index contributed by atoms with van der Waals surface area (Å²) in [6, 6.07) is 19.2. The van der Waals surface area contributed by atoms with Crippen molar-refractivity contribution in [1.82, 2.24) is 25.3 Å². The van der Waals surface area contributed by atoms with Gasteiger partial charge in [0.05, 0.1) is 16.8 Å². The van der Waals surface area contributed by atoms with Crippen LogP contribution in [0.1, 0.15) is 34.1 Å². The van der Waals surface area contributed by atoms with Crippen LogP contribution in [0.2, 0.25) is 5.02 Å². The molecule has 0 aliphatic heterocycles. The number of rotatable bonds is 4. The third-order valence-electron chi connectivity index (χ3n) is 5.36. The van der Waals surface area contributed by atoms with Gasteiger partial charge in [-0.1, -0.05) is 53.2 Å². The predicted octanol–water partition coefficient (Wildman–Crippen LogP) is 4.40. The Morgan fingerprint density at radius 2 is 1.80 bits per heavy atom. The Balaban J connectivity index is 1.56. The molecule has 148 valence electrons. The number of carbonyl (C=O) groups excluding carboxylic acids is 1. The summed E-state index contributed by atoms with van der Waals surface area (Å²) in [4.78, 5) is 17.3. The minimum atomic E-state index is -0.262. The molecule has 1 N–H and O–H groups in total. The van der Waals surface area contributed by atoms with Crippen molar-refractivity contribution in [3.63, 3.8) is 0 Å². The average Bonchev–Trinajstić information content (AvgIpc) is 3.40. The van der Waals surface area contributed by atoms with Crippen molar-refractivity contribution in [3.8, 4) is 16.9 Å². The first-order valence-corrected chi connectivity index (χ1v) is 10.1. The van der Waals surface area contributed by atoms with Crippen LogP contribution >= 0.6 is 11.6 Å². The Bertz CT molecular complexity index is 1220. The van der Waals surface area contributed by atoms with Gasteiger partial charge in [0, 0.05) is 18.0 Å². The van der Waals surface area contributed by atoms with Gasteiger partial charge in [0.1, 0.15) is 5.69 Å². The molecule has 1 atom stereocenters. The van der Waals surface area contributed by atoms with Crippen LogP contribution in [0.4, 0.5) is 0 Å². The second-order valence-corrected chi connectivity index (χ2v) is 7.56. The summed E-state index contributed by atoms with van der Waals surface area (Å²) in [6.45, 7) is 0. The lowest BCUT2D eigenvalue weighted by molar-refractivity contribution is 0.0932. The van der Waals surface area contributed by atoms with Crippen LogP contribution < -0.4 is 5.32 Å². The maximum absolute atomic E-state index is 13.3. The highest BCUT2D eigenvalue weighted by Crippen LogP contribution is 2.32. The van der Waals surface area contributed by atoms with E-state index in [2.05, 4.69) is 32.7 Å². The number of aromatic nitrogens is 4. The monoisotopic (exact) mass is 415 g/mol. The topological polar surface area (TPSA) is 72.7 Å². The lowest BCUT2D eigenvalue weighted by Crippen LogP contribution is -2.28. The first kappa shape index (κ1) is 18.5. The minimum Gasteiger partial charge on any atom is -0.344 e. The summed E-state index contributed by atoms with van der Waals surface area (Å²) in [5.74, 6) is -0.262. The van der Waals surface area contributed by atoms with E-state index in [0.29, 0.717) is 16.4 Å². The van der Waals surface area contributed by atoms with Gasteiger partial charge >= 0.3 is 0 Å². The molecule has 0 unspecified atom stereocenters. The Labute approximate surface area is 178 Å². The van der Waals surface area contributed by atoms with Gasteiger partial charge in [0.2, 0.25) is 0 Å². The van der Waals surface area contributed by atoms with E-state index in [4.69, 9.17) is 11.6 Å². The SMILES string of the molecule is O=C(N[C@@H]1CCc2ccccc21)c1nnn(-c2ccccc2Cl)c1-c1ccncc1. The highest BCUT2D eigenvalue weighted by molar-refractivity contribution is 6.32. The predicted molar refractivity (Wildman–Crippen MR) is 115 cm³/mol. The molecule has 7 heteroatoms. The first-order chi connectivity index (χ1) is 14.7. The van der Waals surface area contributed by atoms with E-state index in [9.17, 15) is 4.79 Å². The Kier molecular flexibility index (Phi) is 4.77. The number of halogens is 1. The Morgan fingerprint density at radius 1 is 1.03 bits per heavy atom. The maximum Gasteiger partial charge on any atom is 0.274 e. The molecule has 0 fully saturated rings. The molecule has 30 heavy (non-hydrogen) atoms. The summed E-state index contributed by atoms with van der Waals surface area (Å²) in [6.07, 6.45) is 5.17. The number of para-hydroxylation sites is 1. The lowest BCUT2D eigenvalue weighted by Gasteiger charge is -2.14. The number of nitrogens with one attached hydrogen (secondary N) is 1. The molecule has 0 saturated heterocycles. The zero-order valence-electron chi connectivity index (χ0n) is 16.0. The first-order valence-electron chi connectivity index (χ1n) is 9.72. The third kappa shape index (κ3) is 3.25. The smallest absolute Gasteiger partial charge is 0.274 e. The standard InChI is InChI=1S/C23H18ClN5O/c24-18-7-3-4-8-20(18)29-22(16-11-13-25-14-12-16)21(27-28-29)23(30)26-19-10-9-15-5-1-2-6-17(15)19/h1-8,11-14,19H,9-10H2,(H,26,30)/t19-/m1/s1. The summed E-state index contributed by atoms with van der Waals surface area (Å²) in [5.41, 5.74) is 4.71. The number of carbonyl (C=O) groups is 1. The zero-order valence-corrected chi connectivity index (χ0v) is 16.8. The fraction of sp³-hybridized carbons (Fsp3) is 0.130. The minimum absolute atomic E-state index is 0.0375. The van der Waals surface area contributed by atoms with Crippen molar-refractivity contribution in [3.05, 3.63) is 94.9 Å². The molecular formula is C23H18ClN5O. The van der Waals surface area contributed by atoms with Gasteiger partial charge in [-0.25, -0.2) is 4.68 Å². The maximum atomic E-state index is 13.3.